The molecule has 1 N–H and O–H groups in total. The second-order valence-electron chi connectivity index (χ2n) is 3.96. The predicted octanol–water partition coefficient (Wildman–Crippen LogP) is 1.34. The van der Waals surface area contributed by atoms with Crippen LogP contribution in [-0.4, -0.2) is 37.1 Å². The van der Waals surface area contributed by atoms with Crippen LogP contribution in [0, 0.1) is 0 Å². The molecule has 13 heavy (non-hydrogen) atoms. The Morgan fingerprint density at radius 2 is 2.38 bits per heavy atom. The molecule has 0 bridgehead atoms. The summed E-state index contributed by atoms with van der Waals surface area (Å²) in [5.41, 5.74) is -0.504. The van der Waals surface area contributed by atoms with Crippen LogP contribution in [0.1, 0.15) is 32.6 Å². The van der Waals surface area contributed by atoms with Crippen LogP contribution in [-0.2, 0) is 9.47 Å². The van der Waals surface area contributed by atoms with Gasteiger partial charge >= 0.3 is 0 Å². The lowest BCUT2D eigenvalue weighted by molar-refractivity contribution is -0.102. The van der Waals surface area contributed by atoms with E-state index in [9.17, 15) is 5.11 Å². The minimum absolute atomic E-state index is 0.196. The highest BCUT2D eigenvalue weighted by molar-refractivity contribution is 4.84. The van der Waals surface area contributed by atoms with Gasteiger partial charge in [0.15, 0.2) is 0 Å². The molecule has 1 aliphatic heterocycles. The first-order valence-electron chi connectivity index (χ1n) is 4.99. The van der Waals surface area contributed by atoms with E-state index in [2.05, 4.69) is 0 Å². The van der Waals surface area contributed by atoms with Crippen molar-refractivity contribution in [2.75, 3.05) is 20.3 Å². The number of ether oxygens (including phenoxy) is 2. The van der Waals surface area contributed by atoms with Gasteiger partial charge in [-0.05, 0) is 26.2 Å². The molecule has 1 saturated heterocycles. The molecule has 78 valence electrons. The molecule has 0 radical (unpaired) electrons. The molecule has 3 heteroatoms. The number of aliphatic hydroxyl groups is 1. The quantitative estimate of drug-likeness (QED) is 0.677. The second-order valence-corrected chi connectivity index (χ2v) is 3.96. The van der Waals surface area contributed by atoms with Gasteiger partial charge < -0.3 is 14.6 Å². The topological polar surface area (TPSA) is 38.7 Å². The Labute approximate surface area is 80.0 Å². The van der Waals surface area contributed by atoms with Crippen LogP contribution in [0.25, 0.3) is 0 Å². The van der Waals surface area contributed by atoms with E-state index in [1.165, 1.54) is 0 Å². The van der Waals surface area contributed by atoms with Gasteiger partial charge in [-0.25, -0.2) is 0 Å². The van der Waals surface area contributed by atoms with E-state index in [4.69, 9.17) is 9.47 Å². The van der Waals surface area contributed by atoms with Crippen molar-refractivity contribution in [2.45, 2.75) is 44.3 Å². The van der Waals surface area contributed by atoms with Crippen molar-refractivity contribution in [2.24, 2.45) is 0 Å². The van der Waals surface area contributed by atoms with Crippen molar-refractivity contribution >= 4 is 0 Å². The number of methoxy groups -OCH3 is 1. The van der Waals surface area contributed by atoms with Crippen molar-refractivity contribution in [1.82, 2.24) is 0 Å². The van der Waals surface area contributed by atoms with Crippen LogP contribution < -0.4 is 0 Å². The zero-order chi connectivity index (χ0) is 9.73. The van der Waals surface area contributed by atoms with Gasteiger partial charge in [-0.2, -0.15) is 0 Å². The van der Waals surface area contributed by atoms with E-state index in [0.29, 0.717) is 6.61 Å². The summed E-state index contributed by atoms with van der Waals surface area (Å²) < 4.78 is 10.4. The lowest BCUT2D eigenvalue weighted by Crippen LogP contribution is -2.39. The van der Waals surface area contributed by atoms with E-state index < -0.39 is 5.60 Å². The first-order valence-corrected chi connectivity index (χ1v) is 4.99. The smallest absolute Gasteiger partial charge is 0.0695 e. The number of hydrogen-bond acceptors (Lipinski definition) is 3. The summed E-state index contributed by atoms with van der Waals surface area (Å²) in [5, 5.41) is 10.1. The molecule has 0 aromatic rings. The fraction of sp³-hybridized carbons (Fsp3) is 1.00. The predicted molar refractivity (Wildman–Crippen MR) is 50.7 cm³/mol. The Bertz CT molecular complexity index is 149. The molecule has 3 nitrogen and oxygen atoms in total. The summed E-state index contributed by atoms with van der Waals surface area (Å²) in [6.07, 6.45) is 3.48. The van der Waals surface area contributed by atoms with Gasteiger partial charge in [-0.1, -0.05) is 0 Å². The Morgan fingerprint density at radius 1 is 1.62 bits per heavy atom. The third-order valence-corrected chi connectivity index (χ3v) is 2.63. The Balaban J connectivity index is 2.27. The first kappa shape index (κ1) is 11.0. The summed E-state index contributed by atoms with van der Waals surface area (Å²) in [4.78, 5) is 0. The van der Waals surface area contributed by atoms with Crippen molar-refractivity contribution in [3.05, 3.63) is 0 Å². The van der Waals surface area contributed by atoms with Crippen LogP contribution >= 0.6 is 0 Å². The lowest BCUT2D eigenvalue weighted by Gasteiger charge is -2.35. The average Bonchev–Trinajstić information content (AvgIpc) is 2.04. The number of hydrogen-bond donors (Lipinski definition) is 1. The molecule has 2 atom stereocenters. The molecule has 1 aliphatic rings. The summed E-state index contributed by atoms with van der Waals surface area (Å²) >= 11 is 0. The molecule has 1 fully saturated rings. The fourth-order valence-corrected chi connectivity index (χ4v) is 1.92. The molecule has 2 unspecified atom stereocenters. The number of rotatable bonds is 4. The van der Waals surface area contributed by atoms with Crippen LogP contribution in [0.5, 0.6) is 0 Å². The molecule has 1 rings (SSSR count). The van der Waals surface area contributed by atoms with Gasteiger partial charge in [0.25, 0.3) is 0 Å². The summed E-state index contributed by atoms with van der Waals surface area (Å²) in [5.74, 6) is 0. The van der Waals surface area contributed by atoms with Crippen molar-refractivity contribution in [3.8, 4) is 0 Å². The van der Waals surface area contributed by atoms with E-state index >= 15 is 0 Å². The highest BCUT2D eigenvalue weighted by atomic mass is 16.5. The maximum Gasteiger partial charge on any atom is 0.0695 e. The van der Waals surface area contributed by atoms with Crippen LogP contribution in [0.2, 0.25) is 0 Å². The summed E-state index contributed by atoms with van der Waals surface area (Å²) in [7, 11) is 1.69. The van der Waals surface area contributed by atoms with Gasteiger partial charge in [-0.15, -0.1) is 0 Å². The maximum atomic E-state index is 10.1. The minimum atomic E-state index is -0.504. The zero-order valence-corrected chi connectivity index (χ0v) is 8.58. The van der Waals surface area contributed by atoms with Gasteiger partial charge in [0.1, 0.15) is 0 Å². The monoisotopic (exact) mass is 188 g/mol. The normalized spacial score (nSPS) is 34.8. The van der Waals surface area contributed by atoms with E-state index in [1.807, 2.05) is 6.92 Å². The van der Waals surface area contributed by atoms with Crippen molar-refractivity contribution in [3.63, 3.8) is 0 Å². The van der Waals surface area contributed by atoms with E-state index in [0.717, 1.165) is 32.3 Å². The highest BCUT2D eigenvalue weighted by Gasteiger charge is 2.32. The van der Waals surface area contributed by atoms with Gasteiger partial charge in [0.05, 0.1) is 11.7 Å². The van der Waals surface area contributed by atoms with Crippen LogP contribution in [0.15, 0.2) is 0 Å². The molecule has 0 amide bonds. The standard InChI is InChI=1S/C10H20O3/c1-9-8-10(11,5-7-13-9)4-3-6-12-2/h9,11H,3-8H2,1-2H3. The first-order chi connectivity index (χ1) is 6.16. The summed E-state index contributed by atoms with van der Waals surface area (Å²) in [6, 6.07) is 0. The average molecular weight is 188 g/mol. The van der Waals surface area contributed by atoms with Crippen LogP contribution in [0.4, 0.5) is 0 Å². The summed E-state index contributed by atoms with van der Waals surface area (Å²) in [6.45, 7) is 3.43. The van der Waals surface area contributed by atoms with E-state index in [-0.39, 0.29) is 6.10 Å². The highest BCUT2D eigenvalue weighted by Crippen LogP contribution is 2.28. The third-order valence-electron chi connectivity index (χ3n) is 2.63. The van der Waals surface area contributed by atoms with Crippen molar-refractivity contribution in [1.29, 1.82) is 0 Å². The molecule has 0 aromatic heterocycles. The third kappa shape index (κ3) is 3.63. The van der Waals surface area contributed by atoms with Crippen LogP contribution in [0.3, 0.4) is 0 Å². The Hall–Kier alpha value is -0.120. The van der Waals surface area contributed by atoms with Gasteiger partial charge in [-0.3, -0.25) is 0 Å². The molecule has 0 spiro atoms. The molecule has 0 aromatic carbocycles. The minimum Gasteiger partial charge on any atom is -0.390 e. The SMILES string of the molecule is COCCCC1(O)CCOC(C)C1. The Morgan fingerprint density at radius 3 is 3.00 bits per heavy atom. The molecule has 0 aliphatic carbocycles. The lowest BCUT2D eigenvalue weighted by atomic mass is 9.87. The van der Waals surface area contributed by atoms with Gasteiger partial charge in [0, 0.05) is 26.7 Å². The van der Waals surface area contributed by atoms with Gasteiger partial charge in [0.2, 0.25) is 0 Å². The zero-order valence-electron chi connectivity index (χ0n) is 8.58. The molecular weight excluding hydrogens is 168 g/mol. The van der Waals surface area contributed by atoms with E-state index in [1.54, 1.807) is 7.11 Å². The fourth-order valence-electron chi connectivity index (χ4n) is 1.92. The molecule has 0 saturated carbocycles. The largest absolute Gasteiger partial charge is 0.390 e. The van der Waals surface area contributed by atoms with Crippen molar-refractivity contribution < 1.29 is 14.6 Å². The molecular formula is C10H20O3. The Kier molecular flexibility index (Phi) is 4.16. The molecule has 1 heterocycles. The maximum absolute atomic E-state index is 10.1. The second kappa shape index (κ2) is 4.94.